The van der Waals surface area contributed by atoms with Gasteiger partial charge in [-0.1, -0.05) is 29.8 Å². The van der Waals surface area contributed by atoms with Gasteiger partial charge in [-0.2, -0.15) is 5.10 Å². The van der Waals surface area contributed by atoms with Crippen molar-refractivity contribution in [2.45, 2.75) is 12.7 Å². The summed E-state index contributed by atoms with van der Waals surface area (Å²) in [5.74, 6) is -0.565. The largest absolute Gasteiger partial charge is 0.283 e. The van der Waals surface area contributed by atoms with Crippen molar-refractivity contribution in [2.24, 2.45) is 0 Å². The number of nitrogens with one attached hydrogen (secondary N) is 2. The van der Waals surface area contributed by atoms with Crippen LogP contribution >= 0.6 is 0 Å². The second kappa shape index (κ2) is 7.67. The third-order valence-corrected chi connectivity index (χ3v) is 6.45. The number of hydrogen-bond acceptors (Lipinski definition) is 5. The van der Waals surface area contributed by atoms with E-state index in [2.05, 4.69) is 14.5 Å². The fraction of sp³-hybridized carbons (Fsp3) is 0.235. The molecule has 0 saturated heterocycles. The molecular weight excluding hydrogens is 388 g/mol. The van der Waals surface area contributed by atoms with Crippen LogP contribution in [0.3, 0.4) is 0 Å². The molecule has 0 aliphatic carbocycles. The minimum atomic E-state index is -3.69. The molecule has 0 bridgehead atoms. The topological polar surface area (TPSA) is 110 Å². The first kappa shape index (κ1) is 19.3. The van der Waals surface area contributed by atoms with Gasteiger partial charge in [0.1, 0.15) is 0 Å². The Morgan fingerprint density at radius 3 is 2.63 bits per heavy atom. The smallest absolute Gasteiger partial charge is 0.234 e. The van der Waals surface area contributed by atoms with Crippen LogP contribution in [0, 0.1) is 6.92 Å². The summed E-state index contributed by atoms with van der Waals surface area (Å²) in [5, 5.41) is 4.04. The van der Waals surface area contributed by atoms with Crippen LogP contribution in [0.1, 0.15) is 11.1 Å². The van der Waals surface area contributed by atoms with Gasteiger partial charge in [-0.15, -0.1) is 0 Å². The second-order valence-corrected chi connectivity index (χ2v) is 9.83. The maximum atomic E-state index is 12.2. The number of anilines is 1. The second-order valence-electron chi connectivity index (χ2n) is 6.18. The molecule has 3 aromatic rings. The van der Waals surface area contributed by atoms with Crippen molar-refractivity contribution in [1.29, 1.82) is 0 Å². The van der Waals surface area contributed by atoms with Gasteiger partial charge in [0.2, 0.25) is 20.0 Å². The molecule has 3 rings (SSSR count). The van der Waals surface area contributed by atoms with Crippen LogP contribution in [0.2, 0.25) is 0 Å². The monoisotopic (exact) mass is 408 g/mol. The minimum absolute atomic E-state index is 0.194. The molecule has 2 N–H and O–H groups in total. The first-order chi connectivity index (χ1) is 12.7. The van der Waals surface area contributed by atoms with Crippen LogP contribution in [0.25, 0.3) is 5.52 Å². The van der Waals surface area contributed by atoms with Crippen LogP contribution in [-0.4, -0.2) is 38.7 Å². The molecule has 0 fully saturated rings. The summed E-state index contributed by atoms with van der Waals surface area (Å²) < 4.78 is 55.0. The van der Waals surface area contributed by atoms with E-state index in [0.29, 0.717) is 11.3 Å². The zero-order valence-corrected chi connectivity index (χ0v) is 16.3. The Hall–Kier alpha value is -2.43. The van der Waals surface area contributed by atoms with Crippen LogP contribution < -0.4 is 9.44 Å². The predicted molar refractivity (Wildman–Crippen MR) is 104 cm³/mol. The van der Waals surface area contributed by atoms with Crippen molar-refractivity contribution in [3.8, 4) is 0 Å². The number of hydrogen-bond donors (Lipinski definition) is 2. The number of nitrogens with zero attached hydrogens (tertiary/aromatic N) is 2. The first-order valence-electron chi connectivity index (χ1n) is 8.19. The molecular formula is C17H20N4O4S2. The van der Waals surface area contributed by atoms with Crippen molar-refractivity contribution in [3.63, 3.8) is 0 Å². The molecule has 2 aromatic heterocycles. The van der Waals surface area contributed by atoms with E-state index in [-0.39, 0.29) is 18.1 Å². The molecule has 0 saturated carbocycles. The van der Waals surface area contributed by atoms with E-state index in [4.69, 9.17) is 0 Å². The maximum Gasteiger partial charge on any atom is 0.234 e. The summed E-state index contributed by atoms with van der Waals surface area (Å²) in [6.45, 7) is 1.67. The molecule has 0 radical (unpaired) electrons. The molecule has 0 unspecified atom stereocenters. The molecule has 0 aliphatic heterocycles. The van der Waals surface area contributed by atoms with Crippen molar-refractivity contribution >= 4 is 31.3 Å². The highest BCUT2D eigenvalue weighted by Crippen LogP contribution is 2.13. The zero-order chi connectivity index (χ0) is 19.5. The molecule has 10 heteroatoms. The Kier molecular flexibility index (Phi) is 5.49. The van der Waals surface area contributed by atoms with Gasteiger partial charge in [-0.05, 0) is 30.7 Å². The lowest BCUT2D eigenvalue weighted by atomic mass is 10.2. The van der Waals surface area contributed by atoms with E-state index in [9.17, 15) is 16.8 Å². The van der Waals surface area contributed by atoms with Gasteiger partial charge >= 0.3 is 0 Å². The van der Waals surface area contributed by atoms with E-state index in [1.54, 1.807) is 53.3 Å². The molecule has 0 spiro atoms. The highest BCUT2D eigenvalue weighted by Gasteiger charge is 2.15. The van der Waals surface area contributed by atoms with Crippen molar-refractivity contribution < 1.29 is 16.8 Å². The summed E-state index contributed by atoms with van der Waals surface area (Å²) in [6, 6.07) is 12.1. The lowest BCUT2D eigenvalue weighted by molar-refractivity contribution is 0.581. The number of fused-ring (bicyclic) bond motifs is 1. The van der Waals surface area contributed by atoms with Crippen LogP contribution in [0.4, 0.5) is 5.69 Å². The lowest BCUT2D eigenvalue weighted by Crippen LogP contribution is -2.32. The Morgan fingerprint density at radius 2 is 1.85 bits per heavy atom. The van der Waals surface area contributed by atoms with E-state index < -0.39 is 20.0 Å². The first-order valence-corrected chi connectivity index (χ1v) is 11.5. The summed E-state index contributed by atoms with van der Waals surface area (Å²) >= 11 is 0. The number of benzene rings is 1. The van der Waals surface area contributed by atoms with Crippen molar-refractivity contribution in [2.75, 3.05) is 17.0 Å². The predicted octanol–water partition coefficient (Wildman–Crippen LogP) is 1.50. The highest BCUT2D eigenvalue weighted by molar-refractivity contribution is 7.92. The van der Waals surface area contributed by atoms with E-state index in [1.807, 2.05) is 13.0 Å². The Morgan fingerprint density at radius 1 is 1.04 bits per heavy atom. The third kappa shape index (κ3) is 5.52. The average molecular weight is 409 g/mol. The number of rotatable bonds is 8. The Labute approximate surface area is 158 Å². The molecule has 0 atom stereocenters. The van der Waals surface area contributed by atoms with Crippen molar-refractivity contribution in [1.82, 2.24) is 14.3 Å². The van der Waals surface area contributed by atoms with Crippen LogP contribution in [0.15, 0.2) is 54.9 Å². The zero-order valence-electron chi connectivity index (χ0n) is 14.7. The quantitative estimate of drug-likeness (QED) is 0.587. The summed E-state index contributed by atoms with van der Waals surface area (Å²) in [7, 11) is -7.32. The third-order valence-electron chi connectivity index (χ3n) is 3.80. The maximum absolute atomic E-state index is 12.2. The standard InChI is InChI=1S/C17H20N4O4S2/c1-14-3-2-4-15(11-14)13-27(24,25)19-8-10-26(22,23)20-16-6-9-21-17(12-16)5-7-18-21/h2-7,9,11-12,19-20H,8,10,13H2,1H3. The van der Waals surface area contributed by atoms with Crippen LogP contribution in [0.5, 0.6) is 0 Å². The minimum Gasteiger partial charge on any atom is -0.283 e. The van der Waals surface area contributed by atoms with Crippen LogP contribution in [-0.2, 0) is 25.8 Å². The average Bonchev–Trinajstić information content (AvgIpc) is 3.01. The van der Waals surface area contributed by atoms with E-state index in [0.717, 1.165) is 11.1 Å². The van der Waals surface area contributed by atoms with E-state index >= 15 is 0 Å². The van der Waals surface area contributed by atoms with Gasteiger partial charge in [-0.25, -0.2) is 26.1 Å². The summed E-state index contributed by atoms with van der Waals surface area (Å²) in [6.07, 6.45) is 3.24. The Bertz CT molecular complexity index is 1150. The molecule has 0 aliphatic rings. The van der Waals surface area contributed by atoms with Gasteiger partial charge < -0.3 is 0 Å². The molecule has 27 heavy (non-hydrogen) atoms. The molecule has 8 nitrogen and oxygen atoms in total. The molecule has 1 aromatic carbocycles. The Balaban J connectivity index is 1.56. The number of sulfonamides is 2. The number of aryl methyl sites for hydroxylation is 1. The molecule has 2 heterocycles. The highest BCUT2D eigenvalue weighted by atomic mass is 32.2. The lowest BCUT2D eigenvalue weighted by Gasteiger charge is -2.10. The number of pyridine rings is 1. The van der Waals surface area contributed by atoms with Crippen molar-refractivity contribution in [3.05, 3.63) is 66.0 Å². The molecule has 0 amide bonds. The van der Waals surface area contributed by atoms with Gasteiger partial charge in [0.05, 0.1) is 22.7 Å². The molecule has 144 valence electrons. The van der Waals surface area contributed by atoms with Gasteiger partial charge in [-0.3, -0.25) is 4.72 Å². The summed E-state index contributed by atoms with van der Waals surface area (Å²) in [5.41, 5.74) is 2.75. The fourth-order valence-corrected chi connectivity index (χ4v) is 4.84. The summed E-state index contributed by atoms with van der Waals surface area (Å²) in [4.78, 5) is 0. The van der Waals surface area contributed by atoms with Gasteiger partial charge in [0.15, 0.2) is 0 Å². The fourth-order valence-electron chi connectivity index (χ4n) is 2.62. The van der Waals surface area contributed by atoms with Gasteiger partial charge in [0, 0.05) is 18.9 Å². The van der Waals surface area contributed by atoms with E-state index in [1.165, 1.54) is 0 Å². The van der Waals surface area contributed by atoms with Gasteiger partial charge in [0.25, 0.3) is 0 Å². The SMILES string of the molecule is Cc1cccc(CS(=O)(=O)NCCS(=O)(=O)Nc2ccn3nccc3c2)c1. The normalized spacial score (nSPS) is 12.3. The number of aromatic nitrogens is 2.